The van der Waals surface area contributed by atoms with Gasteiger partial charge in [0.05, 0.1) is 34.2 Å². The van der Waals surface area contributed by atoms with Gasteiger partial charge in [0.2, 0.25) is 11.8 Å². The first-order valence-corrected chi connectivity index (χ1v) is 23.2. The maximum absolute atomic E-state index is 14.7. The van der Waals surface area contributed by atoms with Gasteiger partial charge in [0.25, 0.3) is 6.01 Å². The third-order valence-electron chi connectivity index (χ3n) is 11.3. The molecule has 0 unspecified atom stereocenters. The molecule has 15 nitrogen and oxygen atoms in total. The van der Waals surface area contributed by atoms with Crippen LogP contribution >= 0.6 is 11.3 Å². The Kier molecular flexibility index (Phi) is 12.9. The molecule has 3 aromatic rings. The Bertz CT molecular complexity index is 2250. The van der Waals surface area contributed by atoms with Crippen LogP contribution in [0.15, 0.2) is 35.7 Å². The molecule has 0 spiro atoms. The fourth-order valence-corrected chi connectivity index (χ4v) is 9.56. The van der Waals surface area contributed by atoms with Crippen molar-refractivity contribution in [3.05, 3.63) is 40.7 Å². The number of imidazole rings is 1. The van der Waals surface area contributed by atoms with Crippen LogP contribution in [-0.2, 0) is 34.7 Å². The number of para-hydroxylation sites is 1. The maximum atomic E-state index is 14.7. The summed E-state index contributed by atoms with van der Waals surface area (Å²) < 4.78 is 43.0. The SMILES string of the molecule is CC(C)n1c(O[C@@H]2C[C@H]3C(=O)C[C@]4(C(=O)NS(=O)(=O)N(C)C)C[C@H]4/C=C\CCCCC[C@H](NC(=O)OC(C)(C)C)C(=O)N3C2)nc2c(-c3csc(C(C)(C)C)n3)cccc21. The van der Waals surface area contributed by atoms with E-state index in [9.17, 15) is 27.6 Å². The lowest BCUT2D eigenvalue weighted by atomic mass is 9.91. The van der Waals surface area contributed by atoms with Crippen LogP contribution in [0, 0.1) is 11.3 Å². The maximum Gasteiger partial charge on any atom is 0.408 e. The molecule has 2 aromatic heterocycles. The number of carbonyl (C=O) groups is 4. The smallest absolute Gasteiger partial charge is 0.408 e. The number of benzene rings is 1. The van der Waals surface area contributed by atoms with Crippen LogP contribution in [0.2, 0.25) is 0 Å². The molecule has 60 heavy (non-hydrogen) atoms. The van der Waals surface area contributed by atoms with Crippen molar-refractivity contribution >= 4 is 56.3 Å². The largest absolute Gasteiger partial charge is 0.459 e. The van der Waals surface area contributed by atoms with Gasteiger partial charge in [0, 0.05) is 49.3 Å². The first-order chi connectivity index (χ1) is 28.0. The molecule has 1 aromatic carbocycles. The number of Topliss-reactive ketones (excluding diaryl/α,β-unsaturated/α-hetero) is 1. The molecule has 0 radical (unpaired) electrons. The predicted octanol–water partition coefficient (Wildman–Crippen LogP) is 6.69. The van der Waals surface area contributed by atoms with E-state index in [2.05, 4.69) is 30.8 Å². The quantitative estimate of drug-likeness (QED) is 0.232. The molecular weight excluding hydrogens is 807 g/mol. The zero-order valence-corrected chi connectivity index (χ0v) is 38.2. The molecule has 2 aliphatic heterocycles. The van der Waals surface area contributed by atoms with E-state index in [0.717, 1.165) is 38.9 Å². The van der Waals surface area contributed by atoms with Crippen molar-refractivity contribution < 1.29 is 37.1 Å². The standard InChI is InChI=1S/C43H61N7O8S2/c1-26(2)50-32-20-16-18-29(31-25-59-38(44-31)41(3,4)5)35(32)46-39(50)57-28-21-33-34(51)23-43(37(53)47-60(55,56)48(9)10)22-27(43)17-14-12-11-13-15-19-30(36(52)49(33)24-28)45-40(54)58-42(6,7)8/h14,16-18,20,25-28,30,33H,11-13,15,19,21-24H2,1-10H3,(H,45,54)(H,47,53)/b17-14-/t27-,28-,30+,33+,43-/m1/s1. The van der Waals surface area contributed by atoms with Gasteiger partial charge in [-0.1, -0.05) is 57.9 Å². The molecule has 4 heterocycles. The summed E-state index contributed by atoms with van der Waals surface area (Å²) in [5.41, 5.74) is 0.978. The second-order valence-corrected chi connectivity index (χ2v) is 21.6. The highest BCUT2D eigenvalue weighted by Crippen LogP contribution is 2.57. The van der Waals surface area contributed by atoms with Crippen molar-refractivity contribution in [3.63, 3.8) is 0 Å². The molecule has 5 atom stereocenters. The average Bonchev–Trinajstić information content (AvgIpc) is 3.51. The van der Waals surface area contributed by atoms with Crippen molar-refractivity contribution in [2.24, 2.45) is 11.3 Å². The van der Waals surface area contributed by atoms with Gasteiger partial charge < -0.3 is 19.7 Å². The first kappa shape index (κ1) is 45.2. The molecule has 6 rings (SSSR count). The lowest BCUT2D eigenvalue weighted by Crippen LogP contribution is -2.53. The highest BCUT2D eigenvalue weighted by atomic mass is 32.2. The van der Waals surface area contributed by atoms with Crippen LogP contribution in [0.25, 0.3) is 22.3 Å². The van der Waals surface area contributed by atoms with E-state index in [1.807, 2.05) is 54.1 Å². The van der Waals surface area contributed by atoms with Crippen LogP contribution < -0.4 is 14.8 Å². The number of alkyl carbamates (subject to hydrolysis) is 1. The predicted molar refractivity (Wildman–Crippen MR) is 231 cm³/mol. The molecule has 3 aliphatic rings. The number of nitrogens with zero attached hydrogens (tertiary/aromatic N) is 5. The van der Waals surface area contributed by atoms with Crippen LogP contribution in [0.4, 0.5) is 4.79 Å². The normalized spacial score (nSPS) is 25.0. The number of hydrogen-bond acceptors (Lipinski definition) is 11. The molecule has 1 aliphatic carbocycles. The third kappa shape index (κ3) is 9.89. The van der Waals surface area contributed by atoms with E-state index in [1.165, 1.54) is 19.0 Å². The zero-order valence-electron chi connectivity index (χ0n) is 36.5. The fraction of sp³-hybridized carbons (Fsp3) is 0.628. The number of rotatable bonds is 8. The Balaban J connectivity index is 1.36. The molecule has 17 heteroatoms. The highest BCUT2D eigenvalue weighted by molar-refractivity contribution is 7.87. The minimum Gasteiger partial charge on any atom is -0.459 e. The number of allylic oxidation sites excluding steroid dienone is 2. The van der Waals surface area contributed by atoms with Gasteiger partial charge in [0.1, 0.15) is 23.3 Å². The summed E-state index contributed by atoms with van der Waals surface area (Å²) in [5, 5.41) is 5.83. The Morgan fingerprint density at radius 2 is 1.78 bits per heavy atom. The monoisotopic (exact) mass is 867 g/mol. The molecule has 0 bridgehead atoms. The molecule has 328 valence electrons. The number of nitrogens with one attached hydrogen (secondary N) is 2. The van der Waals surface area contributed by atoms with Gasteiger partial charge in [-0.2, -0.15) is 17.7 Å². The van der Waals surface area contributed by atoms with Crippen LogP contribution in [-0.4, -0.2) is 100 Å². The van der Waals surface area contributed by atoms with E-state index in [1.54, 1.807) is 32.1 Å². The summed E-state index contributed by atoms with van der Waals surface area (Å²) in [7, 11) is -1.51. The summed E-state index contributed by atoms with van der Waals surface area (Å²) in [6.07, 6.45) is 5.74. The van der Waals surface area contributed by atoms with Crippen LogP contribution in [0.5, 0.6) is 6.01 Å². The van der Waals surface area contributed by atoms with Gasteiger partial charge in [-0.25, -0.2) is 14.5 Å². The number of amides is 3. The molecule has 2 fully saturated rings. The second-order valence-electron chi connectivity index (χ2n) is 18.9. The Labute approximate surface area is 357 Å². The van der Waals surface area contributed by atoms with Gasteiger partial charge in [-0.05, 0) is 72.3 Å². The zero-order chi connectivity index (χ0) is 43.9. The number of ketones is 1. The molecule has 1 saturated heterocycles. The third-order valence-corrected chi connectivity index (χ3v) is 14.0. The van der Waals surface area contributed by atoms with E-state index >= 15 is 0 Å². The number of thiazole rings is 1. The van der Waals surface area contributed by atoms with Crippen molar-refractivity contribution in [1.29, 1.82) is 0 Å². The van der Waals surface area contributed by atoms with E-state index in [4.69, 9.17) is 19.4 Å². The van der Waals surface area contributed by atoms with Crippen molar-refractivity contribution in [2.45, 2.75) is 142 Å². The van der Waals surface area contributed by atoms with Crippen LogP contribution in [0.3, 0.4) is 0 Å². The molecular formula is C43H61N7O8S2. The Morgan fingerprint density at radius 3 is 2.43 bits per heavy atom. The summed E-state index contributed by atoms with van der Waals surface area (Å²) in [6, 6.07) is 4.16. The fourth-order valence-electron chi connectivity index (χ4n) is 8.03. The van der Waals surface area contributed by atoms with Crippen molar-refractivity contribution in [3.8, 4) is 17.3 Å². The van der Waals surface area contributed by atoms with Crippen molar-refractivity contribution in [1.82, 2.24) is 33.8 Å². The minimum atomic E-state index is -4.14. The van der Waals surface area contributed by atoms with E-state index in [0.29, 0.717) is 30.8 Å². The Morgan fingerprint density at radius 1 is 1.05 bits per heavy atom. The average molecular weight is 868 g/mol. The number of carbonyl (C=O) groups excluding carboxylic acids is 4. The van der Waals surface area contributed by atoms with Gasteiger partial charge in [0.15, 0.2) is 5.78 Å². The van der Waals surface area contributed by atoms with Gasteiger partial charge in [-0.15, -0.1) is 11.3 Å². The summed E-state index contributed by atoms with van der Waals surface area (Å²) in [4.78, 5) is 67.8. The molecule has 2 N–H and O–H groups in total. The second kappa shape index (κ2) is 17.2. The highest BCUT2D eigenvalue weighted by Gasteiger charge is 2.61. The van der Waals surface area contributed by atoms with Crippen LogP contribution in [0.1, 0.15) is 118 Å². The summed E-state index contributed by atoms with van der Waals surface area (Å²) in [5.74, 6) is -1.98. The number of fused-ring (bicyclic) bond motifs is 3. The molecule has 3 amide bonds. The van der Waals surface area contributed by atoms with E-state index < -0.39 is 63.1 Å². The lowest BCUT2D eigenvalue weighted by molar-refractivity contribution is -0.140. The topological polar surface area (TPSA) is 182 Å². The lowest BCUT2D eigenvalue weighted by Gasteiger charge is -2.30. The Hall–Kier alpha value is -4.35. The number of ether oxygens (including phenoxy) is 2. The van der Waals surface area contributed by atoms with E-state index in [-0.39, 0.29) is 43.2 Å². The first-order valence-electron chi connectivity index (χ1n) is 20.9. The van der Waals surface area contributed by atoms with Gasteiger partial charge >= 0.3 is 16.3 Å². The number of hydrogen-bond donors (Lipinski definition) is 2. The number of aromatic nitrogens is 3. The minimum absolute atomic E-state index is 0.00839. The summed E-state index contributed by atoms with van der Waals surface area (Å²) in [6.45, 7) is 15.7. The summed E-state index contributed by atoms with van der Waals surface area (Å²) >= 11 is 1.60. The van der Waals surface area contributed by atoms with Crippen molar-refractivity contribution in [2.75, 3.05) is 20.6 Å². The van der Waals surface area contributed by atoms with Gasteiger partial charge in [-0.3, -0.25) is 19.0 Å². The molecule has 1 saturated carbocycles.